The Hall–Kier alpha value is -2.86. The highest BCUT2D eigenvalue weighted by Gasteiger charge is 2.48. The summed E-state index contributed by atoms with van der Waals surface area (Å²) < 4.78 is 6.21. The highest BCUT2D eigenvalue weighted by Crippen LogP contribution is 2.51. The SMILES string of the molecule is CCCN1C(=O)C2(CCCCC2)Nc2c(C)c(-c3ccc(C)cc3)c([C@H](OC(C)(C)C)C(=O)O)c(C)c21. The number of fused-ring (bicyclic) bond motifs is 1. The Labute approximate surface area is 221 Å². The maximum Gasteiger partial charge on any atom is 0.337 e. The molecule has 37 heavy (non-hydrogen) atoms. The minimum atomic E-state index is -1.18. The van der Waals surface area contributed by atoms with Gasteiger partial charge in [-0.3, -0.25) is 4.79 Å². The third-order valence-corrected chi connectivity index (χ3v) is 7.76. The van der Waals surface area contributed by atoms with Crippen LogP contribution < -0.4 is 10.2 Å². The molecule has 1 saturated carbocycles. The average Bonchev–Trinajstić information content (AvgIpc) is 2.83. The van der Waals surface area contributed by atoms with E-state index >= 15 is 0 Å². The van der Waals surface area contributed by atoms with Crippen LogP contribution in [-0.2, 0) is 14.3 Å². The van der Waals surface area contributed by atoms with Gasteiger partial charge in [0.1, 0.15) is 5.54 Å². The van der Waals surface area contributed by atoms with Gasteiger partial charge < -0.3 is 20.1 Å². The topological polar surface area (TPSA) is 78.9 Å². The molecule has 6 nitrogen and oxygen atoms in total. The second-order valence-corrected chi connectivity index (χ2v) is 11.8. The number of hydrogen-bond acceptors (Lipinski definition) is 4. The van der Waals surface area contributed by atoms with E-state index in [1.165, 1.54) is 0 Å². The molecule has 0 aromatic heterocycles. The Morgan fingerprint density at radius 2 is 1.70 bits per heavy atom. The highest BCUT2D eigenvalue weighted by molar-refractivity contribution is 6.10. The van der Waals surface area contributed by atoms with Gasteiger partial charge in [0.15, 0.2) is 6.10 Å². The summed E-state index contributed by atoms with van der Waals surface area (Å²) in [6.07, 6.45) is 4.46. The van der Waals surface area contributed by atoms with Gasteiger partial charge in [-0.15, -0.1) is 0 Å². The van der Waals surface area contributed by atoms with Crippen molar-refractivity contribution < 1.29 is 19.4 Å². The first kappa shape index (κ1) is 27.2. The minimum Gasteiger partial charge on any atom is -0.479 e. The second-order valence-electron chi connectivity index (χ2n) is 11.8. The number of rotatable bonds is 6. The van der Waals surface area contributed by atoms with Crippen LogP contribution in [0.15, 0.2) is 24.3 Å². The molecule has 1 heterocycles. The lowest BCUT2D eigenvalue weighted by Crippen LogP contribution is -2.59. The number of carbonyl (C=O) groups is 2. The van der Waals surface area contributed by atoms with Crippen molar-refractivity contribution in [2.75, 3.05) is 16.8 Å². The fraction of sp³-hybridized carbons (Fsp3) is 0.548. The van der Waals surface area contributed by atoms with Crippen LogP contribution >= 0.6 is 0 Å². The Balaban J connectivity index is 2.07. The monoisotopic (exact) mass is 506 g/mol. The molecule has 4 rings (SSSR count). The maximum absolute atomic E-state index is 14.1. The molecular formula is C31H42N2O4. The van der Waals surface area contributed by atoms with E-state index in [0.29, 0.717) is 12.1 Å². The van der Waals surface area contributed by atoms with Crippen LogP contribution in [0.1, 0.15) is 94.6 Å². The van der Waals surface area contributed by atoms with Crippen molar-refractivity contribution in [3.8, 4) is 11.1 Å². The van der Waals surface area contributed by atoms with Crippen molar-refractivity contribution in [3.05, 3.63) is 46.5 Å². The van der Waals surface area contributed by atoms with Gasteiger partial charge in [-0.25, -0.2) is 4.79 Å². The molecule has 2 aromatic rings. The third kappa shape index (κ3) is 5.00. The summed E-state index contributed by atoms with van der Waals surface area (Å²) >= 11 is 0. The molecule has 0 unspecified atom stereocenters. The molecule has 1 spiro atoms. The number of anilines is 2. The standard InChI is InChI=1S/C31H42N2O4/c1-8-18-33-26-21(4)24(27(28(34)35)37-30(5,6)7)23(22-14-12-19(2)13-15-22)20(3)25(26)32-31(29(33)36)16-10-9-11-17-31/h12-15,27,32H,8-11,16-18H2,1-7H3,(H,34,35)/t27-/m0/s1. The summed E-state index contributed by atoms with van der Waals surface area (Å²) in [5, 5.41) is 14.2. The number of ether oxygens (including phenoxy) is 1. The number of benzene rings is 2. The maximum atomic E-state index is 14.1. The summed E-state index contributed by atoms with van der Waals surface area (Å²) in [7, 11) is 0. The minimum absolute atomic E-state index is 0.113. The lowest BCUT2D eigenvalue weighted by Gasteiger charge is -2.47. The van der Waals surface area contributed by atoms with E-state index in [1.54, 1.807) is 0 Å². The van der Waals surface area contributed by atoms with E-state index in [9.17, 15) is 14.7 Å². The van der Waals surface area contributed by atoms with Crippen LogP contribution in [0.25, 0.3) is 11.1 Å². The molecule has 1 aliphatic heterocycles. The molecule has 2 aromatic carbocycles. The number of carbonyl (C=O) groups excluding carboxylic acids is 1. The molecular weight excluding hydrogens is 464 g/mol. The summed E-state index contributed by atoms with van der Waals surface area (Å²) in [5.74, 6) is -0.923. The van der Waals surface area contributed by atoms with Crippen LogP contribution in [-0.4, -0.2) is 34.7 Å². The first-order chi connectivity index (χ1) is 17.4. The molecule has 1 atom stereocenters. The molecule has 2 aliphatic rings. The molecule has 0 bridgehead atoms. The number of carboxylic acids is 1. The molecule has 0 saturated heterocycles. The first-order valence-electron chi connectivity index (χ1n) is 13.6. The first-order valence-corrected chi connectivity index (χ1v) is 13.6. The highest BCUT2D eigenvalue weighted by atomic mass is 16.5. The van der Waals surface area contributed by atoms with Gasteiger partial charge in [0.2, 0.25) is 0 Å². The molecule has 1 aliphatic carbocycles. The van der Waals surface area contributed by atoms with E-state index in [-0.39, 0.29) is 5.91 Å². The zero-order valence-electron chi connectivity index (χ0n) is 23.5. The van der Waals surface area contributed by atoms with Crippen molar-refractivity contribution in [3.63, 3.8) is 0 Å². The van der Waals surface area contributed by atoms with Crippen LogP contribution in [0.5, 0.6) is 0 Å². The van der Waals surface area contributed by atoms with Crippen LogP contribution in [0.2, 0.25) is 0 Å². The molecule has 1 amide bonds. The number of aryl methyl sites for hydroxylation is 1. The van der Waals surface area contributed by atoms with E-state index in [4.69, 9.17) is 4.74 Å². The Morgan fingerprint density at radius 3 is 2.24 bits per heavy atom. The van der Waals surface area contributed by atoms with E-state index in [0.717, 1.165) is 77.7 Å². The second kappa shape index (κ2) is 10.1. The molecule has 0 radical (unpaired) electrons. The summed E-state index contributed by atoms with van der Waals surface area (Å²) in [6.45, 7) is 14.3. The van der Waals surface area contributed by atoms with Gasteiger partial charge in [0.05, 0.1) is 17.0 Å². The van der Waals surface area contributed by atoms with Crippen molar-refractivity contribution in [2.24, 2.45) is 0 Å². The largest absolute Gasteiger partial charge is 0.479 e. The Morgan fingerprint density at radius 1 is 1.08 bits per heavy atom. The molecule has 200 valence electrons. The summed E-state index contributed by atoms with van der Waals surface area (Å²) in [5.41, 5.74) is 5.81. The normalized spacial score (nSPS) is 17.9. The van der Waals surface area contributed by atoms with E-state index in [1.807, 2.05) is 39.5 Å². The van der Waals surface area contributed by atoms with Gasteiger partial charge in [0, 0.05) is 12.1 Å². The average molecular weight is 507 g/mol. The third-order valence-electron chi connectivity index (χ3n) is 7.76. The Kier molecular flexibility index (Phi) is 7.44. The van der Waals surface area contributed by atoms with Gasteiger partial charge in [-0.1, -0.05) is 56.0 Å². The van der Waals surface area contributed by atoms with Crippen molar-refractivity contribution in [1.82, 2.24) is 0 Å². The lowest BCUT2D eigenvalue weighted by molar-refractivity contribution is -0.160. The summed E-state index contributed by atoms with van der Waals surface area (Å²) in [4.78, 5) is 28.7. The Bertz CT molecular complexity index is 1190. The van der Waals surface area contributed by atoms with Crippen LogP contribution in [0, 0.1) is 20.8 Å². The number of nitrogens with zero attached hydrogens (tertiary/aromatic N) is 1. The van der Waals surface area contributed by atoms with Crippen LogP contribution in [0.3, 0.4) is 0 Å². The zero-order chi connectivity index (χ0) is 27.1. The number of amides is 1. The van der Waals surface area contributed by atoms with Crippen LogP contribution in [0.4, 0.5) is 11.4 Å². The van der Waals surface area contributed by atoms with Crippen molar-refractivity contribution in [2.45, 2.75) is 104 Å². The van der Waals surface area contributed by atoms with E-state index < -0.39 is 23.2 Å². The van der Waals surface area contributed by atoms with Gasteiger partial charge in [-0.05, 0) is 83.1 Å². The molecule has 1 fully saturated rings. The lowest BCUT2D eigenvalue weighted by atomic mass is 9.76. The van der Waals surface area contributed by atoms with Gasteiger partial charge >= 0.3 is 5.97 Å². The molecule has 2 N–H and O–H groups in total. The number of aliphatic carboxylic acids is 1. The number of carboxylic acid groups (broad SMARTS) is 1. The van der Waals surface area contributed by atoms with E-state index in [2.05, 4.69) is 43.4 Å². The smallest absolute Gasteiger partial charge is 0.337 e. The zero-order valence-corrected chi connectivity index (χ0v) is 23.5. The van der Waals surface area contributed by atoms with Crippen molar-refractivity contribution in [1.29, 1.82) is 0 Å². The predicted molar refractivity (Wildman–Crippen MR) is 149 cm³/mol. The fourth-order valence-corrected chi connectivity index (χ4v) is 6.09. The predicted octanol–water partition coefficient (Wildman–Crippen LogP) is 7.09. The number of nitrogens with one attached hydrogen (secondary N) is 1. The van der Waals surface area contributed by atoms with Gasteiger partial charge in [-0.2, -0.15) is 0 Å². The molecule has 6 heteroatoms. The fourth-order valence-electron chi connectivity index (χ4n) is 6.09. The summed E-state index contributed by atoms with van der Waals surface area (Å²) in [6, 6.07) is 8.21. The van der Waals surface area contributed by atoms with Crippen molar-refractivity contribution >= 4 is 23.3 Å². The quantitative estimate of drug-likeness (QED) is 0.437. The van der Waals surface area contributed by atoms with Gasteiger partial charge in [0.25, 0.3) is 5.91 Å². The number of hydrogen-bond donors (Lipinski definition) is 2.